The van der Waals surface area contributed by atoms with E-state index in [0.717, 1.165) is 5.56 Å². The molecule has 2 atom stereocenters. The molecule has 0 bridgehead atoms. The summed E-state index contributed by atoms with van der Waals surface area (Å²) in [6.07, 6.45) is 0. The molecule has 108 valence electrons. The smallest absolute Gasteiger partial charge is 0.307 e. The van der Waals surface area contributed by atoms with Crippen LogP contribution in [0.1, 0.15) is 25.0 Å². The average Bonchev–Trinajstić information content (AvgIpc) is 2.89. The van der Waals surface area contributed by atoms with E-state index in [1.165, 1.54) is 0 Å². The van der Waals surface area contributed by atoms with Crippen LogP contribution in [0, 0.1) is 31.1 Å². The number of hydrogen-bond acceptors (Lipinski definition) is 3. The van der Waals surface area contributed by atoms with Gasteiger partial charge in [-0.2, -0.15) is 0 Å². The molecule has 1 saturated carbocycles. The largest absolute Gasteiger partial charge is 0.508 e. The summed E-state index contributed by atoms with van der Waals surface area (Å²) in [5.41, 5.74) is 1.50. The van der Waals surface area contributed by atoms with Crippen LogP contribution in [0.15, 0.2) is 12.1 Å². The molecule has 1 fully saturated rings. The van der Waals surface area contributed by atoms with E-state index in [9.17, 15) is 14.7 Å². The number of carboxylic acid groups (broad SMARTS) is 1. The highest BCUT2D eigenvalue weighted by atomic mass is 16.4. The lowest BCUT2D eigenvalue weighted by atomic mass is 10.1. The summed E-state index contributed by atoms with van der Waals surface area (Å²) in [5, 5.41) is 21.5. The van der Waals surface area contributed by atoms with Gasteiger partial charge in [0.2, 0.25) is 5.91 Å². The molecule has 1 aliphatic rings. The van der Waals surface area contributed by atoms with E-state index in [1.54, 1.807) is 39.8 Å². The Morgan fingerprint density at radius 2 is 1.75 bits per heavy atom. The van der Waals surface area contributed by atoms with Gasteiger partial charge in [0.15, 0.2) is 0 Å². The van der Waals surface area contributed by atoms with Crippen LogP contribution in [-0.4, -0.2) is 22.1 Å². The number of benzene rings is 1. The van der Waals surface area contributed by atoms with Crippen LogP contribution in [0.2, 0.25) is 0 Å². The first kappa shape index (κ1) is 14.4. The first-order chi connectivity index (χ1) is 9.16. The predicted octanol–water partition coefficient (Wildman–Crippen LogP) is 2.30. The van der Waals surface area contributed by atoms with Crippen molar-refractivity contribution in [3.8, 4) is 5.75 Å². The van der Waals surface area contributed by atoms with Gasteiger partial charge in [0.1, 0.15) is 5.75 Å². The maximum absolute atomic E-state index is 12.2. The van der Waals surface area contributed by atoms with Crippen molar-refractivity contribution in [3.63, 3.8) is 0 Å². The molecule has 5 heteroatoms. The number of aliphatic carboxylic acids is 1. The highest BCUT2D eigenvalue weighted by Crippen LogP contribution is 2.58. The first-order valence-corrected chi connectivity index (χ1v) is 6.50. The Hall–Kier alpha value is -2.04. The summed E-state index contributed by atoms with van der Waals surface area (Å²) in [6.45, 7) is 7.09. The Labute approximate surface area is 117 Å². The average molecular weight is 277 g/mol. The summed E-state index contributed by atoms with van der Waals surface area (Å²) < 4.78 is 0. The molecule has 1 aliphatic carbocycles. The molecule has 3 N–H and O–H groups in total. The van der Waals surface area contributed by atoms with Gasteiger partial charge in [0.25, 0.3) is 0 Å². The molecular weight excluding hydrogens is 258 g/mol. The summed E-state index contributed by atoms with van der Waals surface area (Å²) in [4.78, 5) is 23.3. The van der Waals surface area contributed by atoms with E-state index in [-0.39, 0.29) is 11.7 Å². The van der Waals surface area contributed by atoms with Crippen molar-refractivity contribution in [1.29, 1.82) is 0 Å². The number of carbonyl (C=O) groups is 2. The van der Waals surface area contributed by atoms with Crippen molar-refractivity contribution in [2.24, 2.45) is 17.3 Å². The molecule has 5 nitrogen and oxygen atoms in total. The third-order valence-corrected chi connectivity index (χ3v) is 4.18. The Balaban J connectivity index is 2.18. The van der Waals surface area contributed by atoms with E-state index < -0.39 is 23.2 Å². The summed E-state index contributed by atoms with van der Waals surface area (Å²) in [6, 6.07) is 3.27. The fourth-order valence-electron chi connectivity index (χ4n) is 2.73. The maximum Gasteiger partial charge on any atom is 0.307 e. The van der Waals surface area contributed by atoms with Crippen molar-refractivity contribution < 1.29 is 19.8 Å². The third kappa shape index (κ3) is 2.24. The summed E-state index contributed by atoms with van der Waals surface area (Å²) in [7, 11) is 0. The molecule has 0 radical (unpaired) electrons. The molecule has 0 aromatic heterocycles. The van der Waals surface area contributed by atoms with Crippen molar-refractivity contribution in [3.05, 3.63) is 23.3 Å². The maximum atomic E-state index is 12.2. The number of nitrogens with one attached hydrogen (secondary N) is 1. The molecule has 1 amide bonds. The van der Waals surface area contributed by atoms with E-state index >= 15 is 0 Å². The van der Waals surface area contributed by atoms with Crippen molar-refractivity contribution in [1.82, 2.24) is 0 Å². The van der Waals surface area contributed by atoms with E-state index in [4.69, 9.17) is 5.11 Å². The number of hydrogen-bond donors (Lipinski definition) is 3. The minimum atomic E-state index is -0.936. The second kappa shape index (κ2) is 4.51. The molecule has 0 saturated heterocycles. The van der Waals surface area contributed by atoms with Gasteiger partial charge in [-0.1, -0.05) is 13.8 Å². The van der Waals surface area contributed by atoms with Gasteiger partial charge in [-0.3, -0.25) is 9.59 Å². The lowest BCUT2D eigenvalue weighted by Gasteiger charge is -2.11. The number of anilines is 1. The highest BCUT2D eigenvalue weighted by molar-refractivity contribution is 6.00. The van der Waals surface area contributed by atoms with Crippen LogP contribution < -0.4 is 5.32 Å². The van der Waals surface area contributed by atoms with Gasteiger partial charge in [0, 0.05) is 5.69 Å². The lowest BCUT2D eigenvalue weighted by Crippen LogP contribution is -2.18. The summed E-state index contributed by atoms with van der Waals surface area (Å²) in [5.74, 6) is -2.20. The standard InChI is InChI=1S/C15H19NO4/c1-7-6-10(17)8(2)5-9(7)16-13(18)11-12(14(19)20)15(11,3)4/h5-6,11-12,17H,1-4H3,(H,16,18)(H,19,20)/t11-,12+/m1/s1. The monoisotopic (exact) mass is 277 g/mol. The van der Waals surface area contributed by atoms with Crippen molar-refractivity contribution in [2.75, 3.05) is 5.32 Å². The fraction of sp³-hybridized carbons (Fsp3) is 0.467. The van der Waals surface area contributed by atoms with Crippen LogP contribution in [0.3, 0.4) is 0 Å². The molecular formula is C15H19NO4. The number of phenolic OH excluding ortho intramolecular Hbond substituents is 1. The third-order valence-electron chi connectivity index (χ3n) is 4.18. The molecule has 1 aromatic rings. The Morgan fingerprint density at radius 1 is 1.15 bits per heavy atom. The van der Waals surface area contributed by atoms with Crippen LogP contribution in [-0.2, 0) is 9.59 Å². The molecule has 0 unspecified atom stereocenters. The number of amides is 1. The topological polar surface area (TPSA) is 86.6 Å². The molecule has 0 spiro atoms. The number of aromatic hydroxyl groups is 1. The van der Waals surface area contributed by atoms with Gasteiger partial charge in [-0.05, 0) is 42.5 Å². The molecule has 0 heterocycles. The number of rotatable bonds is 3. The molecule has 1 aromatic carbocycles. The van der Waals surface area contributed by atoms with Crippen LogP contribution in [0.5, 0.6) is 5.75 Å². The molecule has 2 rings (SSSR count). The fourth-order valence-corrected chi connectivity index (χ4v) is 2.73. The SMILES string of the molecule is Cc1cc(NC(=O)[C@H]2[C@@H](C(=O)O)C2(C)C)c(C)cc1O. The Bertz CT molecular complexity index is 592. The van der Waals surface area contributed by atoms with Crippen molar-refractivity contribution in [2.45, 2.75) is 27.7 Å². The van der Waals surface area contributed by atoms with Gasteiger partial charge in [0.05, 0.1) is 11.8 Å². The Kier molecular flexibility index (Phi) is 3.24. The predicted molar refractivity (Wildman–Crippen MR) is 74.6 cm³/mol. The van der Waals surface area contributed by atoms with E-state index in [1.807, 2.05) is 0 Å². The zero-order valence-corrected chi connectivity index (χ0v) is 12.0. The lowest BCUT2D eigenvalue weighted by molar-refractivity contribution is -0.140. The molecule has 0 aliphatic heterocycles. The van der Waals surface area contributed by atoms with Crippen molar-refractivity contribution >= 4 is 17.6 Å². The minimum absolute atomic E-state index is 0.177. The van der Waals surface area contributed by atoms with E-state index in [2.05, 4.69) is 5.32 Å². The zero-order valence-electron chi connectivity index (χ0n) is 12.0. The molecule has 20 heavy (non-hydrogen) atoms. The summed E-state index contributed by atoms with van der Waals surface area (Å²) >= 11 is 0. The number of carbonyl (C=O) groups excluding carboxylic acids is 1. The first-order valence-electron chi connectivity index (χ1n) is 6.50. The van der Waals surface area contributed by atoms with Crippen LogP contribution in [0.4, 0.5) is 5.69 Å². The normalized spacial score (nSPS) is 23.2. The highest BCUT2D eigenvalue weighted by Gasteiger charge is 2.65. The second-order valence-corrected chi connectivity index (χ2v) is 6.06. The Morgan fingerprint density at radius 3 is 2.25 bits per heavy atom. The van der Waals surface area contributed by atoms with E-state index in [0.29, 0.717) is 11.3 Å². The quantitative estimate of drug-likeness (QED) is 0.740. The van der Waals surface area contributed by atoms with Gasteiger partial charge in [-0.25, -0.2) is 0 Å². The minimum Gasteiger partial charge on any atom is -0.508 e. The van der Waals surface area contributed by atoms with Gasteiger partial charge in [-0.15, -0.1) is 0 Å². The second-order valence-electron chi connectivity index (χ2n) is 6.06. The zero-order chi connectivity index (χ0) is 15.2. The number of phenols is 1. The van der Waals surface area contributed by atoms with Crippen LogP contribution in [0.25, 0.3) is 0 Å². The van der Waals surface area contributed by atoms with Crippen LogP contribution >= 0.6 is 0 Å². The van der Waals surface area contributed by atoms with Gasteiger partial charge < -0.3 is 15.5 Å². The van der Waals surface area contributed by atoms with Gasteiger partial charge >= 0.3 is 5.97 Å². The number of aryl methyl sites for hydroxylation is 2. The number of carboxylic acids is 1.